The fourth-order valence-corrected chi connectivity index (χ4v) is 4.88. The molecule has 1 aromatic carbocycles. The summed E-state index contributed by atoms with van der Waals surface area (Å²) in [5, 5.41) is 8.49. The largest absolute Gasteiger partial charge is 0.419 e. The van der Waals surface area contributed by atoms with E-state index in [4.69, 9.17) is 16.0 Å². The zero-order valence-corrected chi connectivity index (χ0v) is 15.8. The monoisotopic (exact) mass is 405 g/mol. The Labute approximate surface area is 161 Å². The summed E-state index contributed by atoms with van der Waals surface area (Å²) in [6.07, 6.45) is 6.10. The molecule has 2 aromatic heterocycles. The highest BCUT2D eigenvalue weighted by molar-refractivity contribution is 7.89. The fourth-order valence-electron chi connectivity index (χ4n) is 3.05. The van der Waals surface area contributed by atoms with Crippen LogP contribution in [-0.4, -0.2) is 46.0 Å². The molecule has 0 aliphatic carbocycles. The predicted octanol–water partition coefficient (Wildman–Crippen LogP) is 2.75. The maximum absolute atomic E-state index is 12.9. The molecule has 1 saturated heterocycles. The second kappa shape index (κ2) is 7.34. The highest BCUT2D eigenvalue weighted by Crippen LogP contribution is 2.31. The maximum Gasteiger partial charge on any atom is 0.267 e. The Balaban J connectivity index is 1.56. The summed E-state index contributed by atoms with van der Waals surface area (Å²) < 4.78 is 33.0. The van der Waals surface area contributed by atoms with Gasteiger partial charge in [-0.2, -0.15) is 4.31 Å². The van der Waals surface area contributed by atoms with Crippen molar-refractivity contribution in [3.05, 3.63) is 53.8 Å². The van der Waals surface area contributed by atoms with Gasteiger partial charge >= 0.3 is 0 Å². The van der Waals surface area contributed by atoms with Crippen molar-refractivity contribution in [3.8, 4) is 11.6 Å². The van der Waals surface area contributed by atoms with E-state index < -0.39 is 10.0 Å². The smallest absolute Gasteiger partial charge is 0.267 e. The minimum absolute atomic E-state index is 0.175. The average Bonchev–Trinajstić information content (AvgIpc) is 3.19. The third kappa shape index (κ3) is 3.71. The molecule has 1 fully saturated rings. The number of benzene rings is 1. The van der Waals surface area contributed by atoms with Crippen LogP contribution in [0.2, 0.25) is 5.02 Å². The van der Waals surface area contributed by atoms with Gasteiger partial charge in [-0.1, -0.05) is 17.7 Å². The molecule has 0 amide bonds. The standard InChI is InChI=1S/C17H16ClN5O3S/c18-13-4-1-5-14(9-13)27(24,25)23-8-2-3-12(11-23)16-21-22-17(26-16)15-10-19-6-7-20-15/h1,4-7,9-10,12H,2-3,8,11H2/t12-/m1/s1. The van der Waals surface area contributed by atoms with E-state index in [-0.39, 0.29) is 23.2 Å². The van der Waals surface area contributed by atoms with Crippen LogP contribution in [0.5, 0.6) is 0 Å². The molecule has 4 rings (SSSR count). The minimum atomic E-state index is -3.63. The van der Waals surface area contributed by atoms with E-state index in [9.17, 15) is 8.42 Å². The molecule has 8 nitrogen and oxygen atoms in total. The molecule has 10 heteroatoms. The van der Waals surface area contributed by atoms with Crippen LogP contribution < -0.4 is 0 Å². The Hall–Kier alpha value is -2.36. The Kier molecular flexibility index (Phi) is 4.90. The maximum atomic E-state index is 12.9. The zero-order chi connectivity index (χ0) is 18.9. The van der Waals surface area contributed by atoms with Crippen LogP contribution in [0.15, 0.2) is 52.2 Å². The van der Waals surface area contributed by atoms with Gasteiger partial charge in [-0.05, 0) is 31.0 Å². The molecule has 0 spiro atoms. The van der Waals surface area contributed by atoms with Crippen molar-refractivity contribution >= 4 is 21.6 Å². The average molecular weight is 406 g/mol. The lowest BCUT2D eigenvalue weighted by atomic mass is 10.00. The van der Waals surface area contributed by atoms with Crippen LogP contribution in [0.1, 0.15) is 24.7 Å². The fraction of sp³-hybridized carbons (Fsp3) is 0.294. The van der Waals surface area contributed by atoms with Gasteiger partial charge in [0.15, 0.2) is 0 Å². The van der Waals surface area contributed by atoms with E-state index in [0.717, 1.165) is 6.42 Å². The summed E-state index contributed by atoms with van der Waals surface area (Å²) >= 11 is 5.95. The quantitative estimate of drug-likeness (QED) is 0.657. The topological polar surface area (TPSA) is 102 Å². The Bertz CT molecular complexity index is 1040. The lowest BCUT2D eigenvalue weighted by molar-refractivity contribution is 0.286. The second-order valence-corrected chi connectivity index (χ2v) is 8.57. The number of nitrogens with zero attached hydrogens (tertiary/aromatic N) is 5. The van der Waals surface area contributed by atoms with Crippen molar-refractivity contribution in [2.45, 2.75) is 23.7 Å². The van der Waals surface area contributed by atoms with Gasteiger partial charge in [-0.25, -0.2) is 13.4 Å². The summed E-state index contributed by atoms with van der Waals surface area (Å²) in [6, 6.07) is 6.27. The zero-order valence-electron chi connectivity index (χ0n) is 14.2. The molecule has 3 heterocycles. The molecule has 0 radical (unpaired) electrons. The van der Waals surface area contributed by atoms with Crippen LogP contribution in [0.4, 0.5) is 0 Å². The summed E-state index contributed by atoms with van der Waals surface area (Å²) in [5.74, 6) is 0.500. The van der Waals surface area contributed by atoms with Crippen molar-refractivity contribution < 1.29 is 12.8 Å². The van der Waals surface area contributed by atoms with Gasteiger partial charge in [0.1, 0.15) is 5.69 Å². The van der Waals surface area contributed by atoms with Crippen LogP contribution in [0.3, 0.4) is 0 Å². The van der Waals surface area contributed by atoms with Gasteiger partial charge in [0.05, 0.1) is 17.0 Å². The summed E-state index contributed by atoms with van der Waals surface area (Å²) in [7, 11) is -3.63. The van der Waals surface area contributed by atoms with Crippen LogP contribution in [0.25, 0.3) is 11.6 Å². The first-order valence-electron chi connectivity index (χ1n) is 8.39. The highest BCUT2D eigenvalue weighted by Gasteiger charge is 2.33. The molecule has 0 N–H and O–H groups in total. The van der Waals surface area contributed by atoms with E-state index >= 15 is 0 Å². The molecule has 0 bridgehead atoms. The van der Waals surface area contributed by atoms with E-state index in [1.54, 1.807) is 30.6 Å². The Morgan fingerprint density at radius 1 is 1.22 bits per heavy atom. The summed E-state index contributed by atoms with van der Waals surface area (Å²) in [6.45, 7) is 0.716. The molecular formula is C17H16ClN5O3S. The lowest BCUT2D eigenvalue weighted by Crippen LogP contribution is -2.39. The van der Waals surface area contributed by atoms with Crippen molar-refractivity contribution in [2.75, 3.05) is 13.1 Å². The third-order valence-electron chi connectivity index (χ3n) is 4.39. The molecule has 1 atom stereocenters. The predicted molar refractivity (Wildman–Crippen MR) is 97.5 cm³/mol. The highest BCUT2D eigenvalue weighted by atomic mass is 35.5. The molecule has 27 heavy (non-hydrogen) atoms. The minimum Gasteiger partial charge on any atom is -0.419 e. The first-order chi connectivity index (χ1) is 13.0. The molecular weight excluding hydrogens is 390 g/mol. The van der Waals surface area contributed by atoms with Crippen LogP contribution in [0, 0.1) is 0 Å². The first-order valence-corrected chi connectivity index (χ1v) is 10.2. The lowest BCUT2D eigenvalue weighted by Gasteiger charge is -2.30. The van der Waals surface area contributed by atoms with Crippen molar-refractivity contribution in [1.29, 1.82) is 0 Å². The van der Waals surface area contributed by atoms with Crippen molar-refractivity contribution in [3.63, 3.8) is 0 Å². The summed E-state index contributed by atoms with van der Waals surface area (Å²) in [4.78, 5) is 8.29. The van der Waals surface area contributed by atoms with E-state index in [1.165, 1.54) is 16.6 Å². The van der Waals surface area contributed by atoms with Gasteiger partial charge < -0.3 is 4.42 Å². The number of hydrogen-bond acceptors (Lipinski definition) is 7. The number of halogens is 1. The number of piperidine rings is 1. The second-order valence-electron chi connectivity index (χ2n) is 6.20. The number of sulfonamides is 1. The molecule has 0 unspecified atom stereocenters. The molecule has 0 saturated carbocycles. The van der Waals surface area contributed by atoms with E-state index in [1.807, 2.05) is 0 Å². The number of aromatic nitrogens is 4. The van der Waals surface area contributed by atoms with Gasteiger partial charge in [-0.3, -0.25) is 4.98 Å². The van der Waals surface area contributed by atoms with E-state index in [0.29, 0.717) is 29.6 Å². The van der Waals surface area contributed by atoms with Crippen LogP contribution >= 0.6 is 11.6 Å². The Morgan fingerprint density at radius 2 is 2.11 bits per heavy atom. The normalized spacial score (nSPS) is 18.5. The molecule has 1 aliphatic rings. The van der Waals surface area contributed by atoms with Gasteiger partial charge in [0.25, 0.3) is 5.89 Å². The van der Waals surface area contributed by atoms with Crippen molar-refractivity contribution in [1.82, 2.24) is 24.5 Å². The summed E-state index contributed by atoms with van der Waals surface area (Å²) in [5.41, 5.74) is 0.482. The number of hydrogen-bond donors (Lipinski definition) is 0. The first kappa shape index (κ1) is 18.0. The van der Waals surface area contributed by atoms with E-state index in [2.05, 4.69) is 20.2 Å². The molecule has 140 valence electrons. The van der Waals surface area contributed by atoms with Gasteiger partial charge in [0, 0.05) is 30.5 Å². The van der Waals surface area contributed by atoms with Crippen molar-refractivity contribution in [2.24, 2.45) is 0 Å². The Morgan fingerprint density at radius 3 is 2.89 bits per heavy atom. The number of rotatable bonds is 4. The van der Waals surface area contributed by atoms with Gasteiger partial charge in [-0.15, -0.1) is 10.2 Å². The van der Waals surface area contributed by atoms with Crippen LogP contribution in [-0.2, 0) is 10.0 Å². The SMILES string of the molecule is O=S(=O)(c1cccc(Cl)c1)N1CCC[C@@H](c2nnc(-c3cnccn3)o2)C1. The van der Waals surface area contributed by atoms with Gasteiger partial charge in [0.2, 0.25) is 15.9 Å². The molecule has 1 aliphatic heterocycles. The third-order valence-corrected chi connectivity index (χ3v) is 6.49. The molecule has 3 aromatic rings.